The van der Waals surface area contributed by atoms with Gasteiger partial charge in [-0.25, -0.2) is 4.79 Å². The number of amides is 1. The van der Waals surface area contributed by atoms with Gasteiger partial charge in [0.2, 0.25) is 5.75 Å². The number of nitrogens with one attached hydrogen (secondary N) is 1. The highest BCUT2D eigenvalue weighted by molar-refractivity contribution is 5.93. The monoisotopic (exact) mass is 349 g/mol. The SMILES string of the molecule is COc1cc(C(=O)O[C@@H](C)C(=O)NC2CCCC2)cc2c1OCCO2. The number of carbonyl (C=O) groups is 2. The molecule has 1 heterocycles. The lowest BCUT2D eigenvalue weighted by molar-refractivity contribution is -0.129. The molecule has 1 aliphatic heterocycles. The summed E-state index contributed by atoms with van der Waals surface area (Å²) >= 11 is 0. The van der Waals surface area contributed by atoms with Crippen LogP contribution < -0.4 is 19.5 Å². The molecule has 0 unspecified atom stereocenters. The second-order valence-electron chi connectivity index (χ2n) is 6.24. The molecule has 0 radical (unpaired) electrons. The van der Waals surface area contributed by atoms with E-state index in [2.05, 4.69) is 5.32 Å². The number of fused-ring (bicyclic) bond motifs is 1. The summed E-state index contributed by atoms with van der Waals surface area (Å²) in [4.78, 5) is 24.6. The van der Waals surface area contributed by atoms with E-state index in [0.29, 0.717) is 30.5 Å². The Balaban J connectivity index is 1.66. The summed E-state index contributed by atoms with van der Waals surface area (Å²) in [5.74, 6) is 0.416. The molecule has 1 N–H and O–H groups in total. The molecule has 1 saturated carbocycles. The van der Waals surface area contributed by atoms with E-state index in [-0.39, 0.29) is 17.5 Å². The fraction of sp³-hybridized carbons (Fsp3) is 0.556. The first-order chi connectivity index (χ1) is 12.1. The fourth-order valence-electron chi connectivity index (χ4n) is 3.06. The van der Waals surface area contributed by atoms with E-state index in [1.807, 2.05) is 0 Å². The van der Waals surface area contributed by atoms with Crippen molar-refractivity contribution in [3.05, 3.63) is 17.7 Å². The standard InChI is InChI=1S/C18H23NO6/c1-11(17(20)19-13-5-3-4-6-13)25-18(21)12-9-14(22-2)16-15(10-12)23-7-8-24-16/h9-11,13H,3-8H2,1-2H3,(H,19,20)/t11-/m0/s1. The highest BCUT2D eigenvalue weighted by Crippen LogP contribution is 2.40. The van der Waals surface area contributed by atoms with Crippen LogP contribution in [0.4, 0.5) is 0 Å². The van der Waals surface area contributed by atoms with Gasteiger partial charge in [0.05, 0.1) is 12.7 Å². The van der Waals surface area contributed by atoms with Crippen LogP contribution in [0, 0.1) is 0 Å². The smallest absolute Gasteiger partial charge is 0.339 e. The summed E-state index contributed by atoms with van der Waals surface area (Å²) < 4.78 is 21.6. The third kappa shape index (κ3) is 3.97. The zero-order valence-corrected chi connectivity index (χ0v) is 14.5. The van der Waals surface area contributed by atoms with Gasteiger partial charge in [0, 0.05) is 6.04 Å². The number of carbonyl (C=O) groups excluding carboxylic acids is 2. The summed E-state index contributed by atoms with van der Waals surface area (Å²) in [7, 11) is 1.49. The summed E-state index contributed by atoms with van der Waals surface area (Å²) in [5.41, 5.74) is 0.251. The molecule has 25 heavy (non-hydrogen) atoms. The summed E-state index contributed by atoms with van der Waals surface area (Å²) in [6.07, 6.45) is 3.33. The van der Waals surface area contributed by atoms with Crippen molar-refractivity contribution in [2.24, 2.45) is 0 Å². The van der Waals surface area contributed by atoms with Gasteiger partial charge in [-0.05, 0) is 31.9 Å². The predicted molar refractivity (Wildman–Crippen MR) is 89.3 cm³/mol. The quantitative estimate of drug-likeness (QED) is 0.820. The molecule has 136 valence electrons. The van der Waals surface area contributed by atoms with Crippen LogP contribution in [0.2, 0.25) is 0 Å². The van der Waals surface area contributed by atoms with Gasteiger partial charge in [-0.2, -0.15) is 0 Å². The number of benzene rings is 1. The Labute approximate surface area is 146 Å². The Morgan fingerprint density at radius 1 is 1.20 bits per heavy atom. The Bertz CT molecular complexity index is 636. The molecular formula is C18H23NO6. The van der Waals surface area contributed by atoms with Gasteiger partial charge in [0.1, 0.15) is 13.2 Å². The lowest BCUT2D eigenvalue weighted by Gasteiger charge is -2.21. The van der Waals surface area contributed by atoms with Crippen LogP contribution in [-0.2, 0) is 9.53 Å². The molecule has 1 aromatic carbocycles. The molecular weight excluding hydrogens is 326 g/mol. The van der Waals surface area contributed by atoms with E-state index in [4.69, 9.17) is 18.9 Å². The van der Waals surface area contributed by atoms with Crippen molar-refractivity contribution in [3.63, 3.8) is 0 Å². The minimum atomic E-state index is -0.868. The van der Waals surface area contributed by atoms with Crippen LogP contribution in [0.1, 0.15) is 43.0 Å². The fourth-order valence-corrected chi connectivity index (χ4v) is 3.06. The van der Waals surface area contributed by atoms with Gasteiger partial charge in [-0.3, -0.25) is 4.79 Å². The normalized spacial score (nSPS) is 17.7. The topological polar surface area (TPSA) is 83.1 Å². The molecule has 1 aliphatic carbocycles. The second-order valence-corrected chi connectivity index (χ2v) is 6.24. The van der Waals surface area contributed by atoms with Crippen molar-refractivity contribution in [3.8, 4) is 17.2 Å². The molecule has 7 nitrogen and oxygen atoms in total. The highest BCUT2D eigenvalue weighted by atomic mass is 16.6. The number of esters is 1. The number of methoxy groups -OCH3 is 1. The number of ether oxygens (including phenoxy) is 4. The molecule has 2 aliphatic rings. The van der Waals surface area contributed by atoms with Crippen molar-refractivity contribution >= 4 is 11.9 Å². The van der Waals surface area contributed by atoms with E-state index in [1.165, 1.54) is 13.2 Å². The van der Waals surface area contributed by atoms with Crippen molar-refractivity contribution in [2.45, 2.75) is 44.8 Å². The second kappa shape index (κ2) is 7.63. The molecule has 1 amide bonds. The van der Waals surface area contributed by atoms with Crippen molar-refractivity contribution in [2.75, 3.05) is 20.3 Å². The first-order valence-electron chi connectivity index (χ1n) is 8.57. The van der Waals surface area contributed by atoms with E-state index in [9.17, 15) is 9.59 Å². The van der Waals surface area contributed by atoms with Gasteiger partial charge >= 0.3 is 5.97 Å². The number of rotatable bonds is 5. The molecule has 0 bridgehead atoms. The Morgan fingerprint density at radius 3 is 2.64 bits per heavy atom. The molecule has 1 aromatic rings. The van der Waals surface area contributed by atoms with Crippen molar-refractivity contribution in [1.29, 1.82) is 0 Å². The third-order valence-electron chi connectivity index (χ3n) is 4.42. The molecule has 3 rings (SSSR count). The highest BCUT2D eigenvalue weighted by Gasteiger charge is 2.26. The first-order valence-corrected chi connectivity index (χ1v) is 8.57. The van der Waals surface area contributed by atoms with Crippen LogP contribution >= 0.6 is 0 Å². The van der Waals surface area contributed by atoms with Crippen LogP contribution in [0.25, 0.3) is 0 Å². The minimum Gasteiger partial charge on any atom is -0.493 e. The Hall–Kier alpha value is -2.44. The zero-order chi connectivity index (χ0) is 17.8. The largest absolute Gasteiger partial charge is 0.493 e. The molecule has 0 aromatic heterocycles. The lowest BCUT2D eigenvalue weighted by atomic mass is 10.1. The van der Waals surface area contributed by atoms with Crippen LogP contribution in [0.15, 0.2) is 12.1 Å². The van der Waals surface area contributed by atoms with Gasteiger partial charge in [-0.1, -0.05) is 12.8 Å². The summed E-state index contributed by atoms with van der Waals surface area (Å²) in [6.45, 7) is 2.39. The minimum absolute atomic E-state index is 0.183. The first kappa shape index (κ1) is 17.4. The van der Waals surface area contributed by atoms with Crippen LogP contribution in [-0.4, -0.2) is 44.3 Å². The maximum atomic E-state index is 12.4. The van der Waals surface area contributed by atoms with E-state index < -0.39 is 12.1 Å². The lowest BCUT2D eigenvalue weighted by Crippen LogP contribution is -2.40. The van der Waals surface area contributed by atoms with Crippen molar-refractivity contribution in [1.82, 2.24) is 5.32 Å². The molecule has 0 spiro atoms. The maximum Gasteiger partial charge on any atom is 0.339 e. The number of hydrogen-bond acceptors (Lipinski definition) is 6. The summed E-state index contributed by atoms with van der Waals surface area (Å²) in [6, 6.07) is 3.25. The van der Waals surface area contributed by atoms with Gasteiger partial charge in [0.25, 0.3) is 5.91 Å². The van der Waals surface area contributed by atoms with Crippen LogP contribution in [0.5, 0.6) is 17.2 Å². The zero-order valence-electron chi connectivity index (χ0n) is 14.5. The van der Waals surface area contributed by atoms with E-state index in [1.54, 1.807) is 13.0 Å². The Morgan fingerprint density at radius 2 is 1.92 bits per heavy atom. The molecule has 7 heteroatoms. The molecule has 1 fully saturated rings. The predicted octanol–water partition coefficient (Wildman–Crippen LogP) is 2.07. The maximum absolute atomic E-state index is 12.4. The third-order valence-corrected chi connectivity index (χ3v) is 4.42. The van der Waals surface area contributed by atoms with Gasteiger partial charge < -0.3 is 24.3 Å². The molecule has 0 saturated heterocycles. The van der Waals surface area contributed by atoms with E-state index in [0.717, 1.165) is 25.7 Å². The summed E-state index contributed by atoms with van der Waals surface area (Å²) in [5, 5.41) is 2.92. The molecule has 1 atom stereocenters. The average Bonchev–Trinajstić information content (AvgIpc) is 3.13. The van der Waals surface area contributed by atoms with Crippen molar-refractivity contribution < 1.29 is 28.5 Å². The van der Waals surface area contributed by atoms with Crippen LogP contribution in [0.3, 0.4) is 0 Å². The Kier molecular flexibility index (Phi) is 5.31. The van der Waals surface area contributed by atoms with Gasteiger partial charge in [0.15, 0.2) is 17.6 Å². The number of hydrogen-bond donors (Lipinski definition) is 1. The van der Waals surface area contributed by atoms with E-state index >= 15 is 0 Å². The van der Waals surface area contributed by atoms with Gasteiger partial charge in [-0.15, -0.1) is 0 Å². The average molecular weight is 349 g/mol.